The molecule has 1 amide bonds. The highest BCUT2D eigenvalue weighted by Crippen LogP contribution is 2.32. The minimum atomic E-state index is -0.432. The normalized spacial score (nSPS) is 16.0. The third-order valence-electron chi connectivity index (χ3n) is 4.94. The Balaban J connectivity index is 1.37. The van der Waals surface area contributed by atoms with Crippen molar-refractivity contribution in [1.29, 1.82) is 0 Å². The van der Waals surface area contributed by atoms with Crippen LogP contribution in [-0.2, 0) is 22.4 Å². The maximum atomic E-state index is 12.3. The van der Waals surface area contributed by atoms with Crippen LogP contribution < -0.4 is 5.32 Å². The van der Waals surface area contributed by atoms with Gasteiger partial charge in [0.15, 0.2) is 11.7 Å². The number of fused-ring (bicyclic) bond motifs is 2. The van der Waals surface area contributed by atoms with Crippen molar-refractivity contribution in [2.45, 2.75) is 40.0 Å². The van der Waals surface area contributed by atoms with Crippen molar-refractivity contribution in [3.63, 3.8) is 0 Å². The molecule has 2 heterocycles. The summed E-state index contributed by atoms with van der Waals surface area (Å²) in [5.41, 5.74) is 4.38. The molecule has 2 aromatic heterocycles. The predicted octanol–water partition coefficient (Wildman–Crippen LogP) is 4.89. The van der Waals surface area contributed by atoms with Gasteiger partial charge in [0.25, 0.3) is 5.91 Å². The molecule has 0 bridgehead atoms. The quantitative estimate of drug-likeness (QED) is 0.617. The van der Waals surface area contributed by atoms with E-state index in [1.807, 2.05) is 19.9 Å². The summed E-state index contributed by atoms with van der Waals surface area (Å²) in [4.78, 5) is 30.8. The number of thiophene rings is 1. The number of thiazole rings is 1. The molecule has 1 aliphatic rings. The first kappa shape index (κ1) is 19.1. The molecule has 0 spiro atoms. The molecule has 0 radical (unpaired) electrons. The average Bonchev–Trinajstić information content (AvgIpc) is 3.23. The number of ether oxygens (including phenoxy) is 1. The number of benzene rings is 1. The number of amides is 1. The summed E-state index contributed by atoms with van der Waals surface area (Å²) >= 11 is 2.91. The number of esters is 1. The Morgan fingerprint density at radius 3 is 2.89 bits per heavy atom. The molecule has 1 atom stereocenters. The number of anilines is 1. The Morgan fingerprint density at radius 2 is 2.07 bits per heavy atom. The summed E-state index contributed by atoms with van der Waals surface area (Å²) in [6.07, 6.45) is 3.19. The van der Waals surface area contributed by atoms with Crippen molar-refractivity contribution in [2.75, 3.05) is 11.9 Å². The smallest absolute Gasteiger partial charge is 0.348 e. The van der Waals surface area contributed by atoms with Gasteiger partial charge in [0.2, 0.25) is 0 Å². The van der Waals surface area contributed by atoms with Gasteiger partial charge < -0.3 is 4.74 Å². The molecule has 0 aliphatic heterocycles. The van der Waals surface area contributed by atoms with E-state index in [2.05, 4.69) is 29.4 Å². The SMILES string of the molecule is Cc1cc(C)c2nc(NC(=O)COC(=O)c3cc4c(s3)CC[C@H](C)C4)sc2c1. The van der Waals surface area contributed by atoms with Crippen molar-refractivity contribution >= 4 is 49.9 Å². The summed E-state index contributed by atoms with van der Waals surface area (Å²) < 4.78 is 6.25. The third kappa shape index (κ3) is 3.95. The zero-order chi connectivity index (χ0) is 19.8. The van der Waals surface area contributed by atoms with Crippen LogP contribution in [0.2, 0.25) is 0 Å². The maximum absolute atomic E-state index is 12.3. The first-order valence-electron chi connectivity index (χ1n) is 9.35. The van der Waals surface area contributed by atoms with Gasteiger partial charge in [-0.1, -0.05) is 24.3 Å². The van der Waals surface area contributed by atoms with E-state index in [9.17, 15) is 9.59 Å². The molecule has 5 nitrogen and oxygen atoms in total. The van der Waals surface area contributed by atoms with Crippen LogP contribution in [0.4, 0.5) is 5.13 Å². The molecule has 0 saturated heterocycles. The Morgan fingerprint density at radius 1 is 1.25 bits per heavy atom. The highest BCUT2D eigenvalue weighted by atomic mass is 32.1. The van der Waals surface area contributed by atoms with E-state index in [4.69, 9.17) is 4.74 Å². The lowest BCUT2D eigenvalue weighted by atomic mass is 9.90. The van der Waals surface area contributed by atoms with Crippen LogP contribution >= 0.6 is 22.7 Å². The Labute approximate surface area is 171 Å². The topological polar surface area (TPSA) is 68.3 Å². The second-order valence-electron chi connectivity index (χ2n) is 7.48. The van der Waals surface area contributed by atoms with E-state index in [-0.39, 0.29) is 12.5 Å². The first-order valence-corrected chi connectivity index (χ1v) is 11.0. The monoisotopic (exact) mass is 414 g/mol. The van der Waals surface area contributed by atoms with Gasteiger partial charge in [0.1, 0.15) is 4.88 Å². The summed E-state index contributed by atoms with van der Waals surface area (Å²) in [5, 5.41) is 3.25. The standard InChI is InChI=1S/C21H22N2O3S2/c1-11-4-5-15-14(7-11)9-17(27-15)20(25)26-10-18(24)22-21-23-19-13(3)6-12(2)8-16(19)28-21/h6,8-9,11H,4-5,7,10H2,1-3H3,(H,22,23,24)/t11-/m0/s1. The largest absolute Gasteiger partial charge is 0.451 e. The minimum Gasteiger partial charge on any atom is -0.451 e. The van der Waals surface area contributed by atoms with Crippen LogP contribution in [0.15, 0.2) is 18.2 Å². The molecule has 0 unspecified atom stereocenters. The summed E-state index contributed by atoms with van der Waals surface area (Å²) in [7, 11) is 0. The number of rotatable bonds is 4. The molecule has 0 fully saturated rings. The van der Waals surface area contributed by atoms with E-state index < -0.39 is 5.97 Å². The van der Waals surface area contributed by atoms with Crippen LogP contribution in [-0.4, -0.2) is 23.5 Å². The number of aromatic nitrogens is 1. The second kappa shape index (κ2) is 7.64. The van der Waals surface area contributed by atoms with Crippen molar-refractivity contribution in [3.8, 4) is 0 Å². The third-order valence-corrected chi connectivity index (χ3v) is 7.08. The summed E-state index contributed by atoms with van der Waals surface area (Å²) in [5.74, 6) is -0.160. The molecule has 146 valence electrons. The molecular weight excluding hydrogens is 392 g/mol. The molecule has 7 heteroatoms. The van der Waals surface area contributed by atoms with Gasteiger partial charge >= 0.3 is 5.97 Å². The van der Waals surface area contributed by atoms with E-state index in [1.54, 1.807) is 0 Å². The van der Waals surface area contributed by atoms with Gasteiger partial charge in [-0.2, -0.15) is 0 Å². The molecule has 1 aliphatic carbocycles. The van der Waals surface area contributed by atoms with Gasteiger partial charge in [-0.25, -0.2) is 9.78 Å². The molecule has 1 N–H and O–H groups in total. The Hall–Kier alpha value is -2.25. The van der Waals surface area contributed by atoms with E-state index in [0.717, 1.165) is 40.6 Å². The molecule has 4 rings (SSSR count). The van der Waals surface area contributed by atoms with Crippen LogP contribution in [0.5, 0.6) is 0 Å². The highest BCUT2D eigenvalue weighted by Gasteiger charge is 2.22. The van der Waals surface area contributed by atoms with Gasteiger partial charge in [-0.15, -0.1) is 11.3 Å². The fourth-order valence-corrected chi connectivity index (χ4v) is 5.75. The Bertz CT molecular complexity index is 1070. The molecule has 1 aromatic carbocycles. The van der Waals surface area contributed by atoms with Crippen LogP contribution in [0.25, 0.3) is 10.2 Å². The van der Waals surface area contributed by atoms with Gasteiger partial charge in [0.05, 0.1) is 10.2 Å². The zero-order valence-electron chi connectivity index (χ0n) is 16.1. The fraction of sp³-hybridized carbons (Fsp3) is 0.381. The van der Waals surface area contributed by atoms with Crippen molar-refractivity contribution in [2.24, 2.45) is 5.92 Å². The molecule has 3 aromatic rings. The summed E-state index contributed by atoms with van der Waals surface area (Å²) in [6, 6.07) is 6.04. The molecular formula is C21H22N2O3S2. The number of carbonyl (C=O) groups excluding carboxylic acids is 2. The molecule has 28 heavy (non-hydrogen) atoms. The maximum Gasteiger partial charge on any atom is 0.348 e. The number of nitrogens with one attached hydrogen (secondary N) is 1. The van der Waals surface area contributed by atoms with E-state index in [0.29, 0.717) is 15.9 Å². The number of hydrogen-bond acceptors (Lipinski definition) is 6. The Kier molecular flexibility index (Phi) is 5.21. The second-order valence-corrected chi connectivity index (χ2v) is 9.65. The number of carbonyl (C=O) groups is 2. The van der Waals surface area contributed by atoms with E-state index in [1.165, 1.54) is 33.1 Å². The number of nitrogens with zero attached hydrogens (tertiary/aromatic N) is 1. The van der Waals surface area contributed by atoms with Crippen LogP contribution in [0.3, 0.4) is 0 Å². The lowest BCUT2D eigenvalue weighted by molar-refractivity contribution is -0.119. The fourth-order valence-electron chi connectivity index (χ4n) is 3.59. The lowest BCUT2D eigenvalue weighted by Gasteiger charge is -2.16. The minimum absolute atomic E-state index is 0.314. The van der Waals surface area contributed by atoms with Crippen molar-refractivity contribution < 1.29 is 14.3 Å². The van der Waals surface area contributed by atoms with Gasteiger partial charge in [0, 0.05) is 4.88 Å². The highest BCUT2D eigenvalue weighted by molar-refractivity contribution is 7.22. The van der Waals surface area contributed by atoms with Crippen LogP contribution in [0, 0.1) is 19.8 Å². The average molecular weight is 415 g/mol. The van der Waals surface area contributed by atoms with Gasteiger partial charge in [-0.3, -0.25) is 10.1 Å². The van der Waals surface area contributed by atoms with Crippen molar-refractivity contribution in [1.82, 2.24) is 4.98 Å². The van der Waals surface area contributed by atoms with Gasteiger partial charge in [-0.05, 0) is 67.9 Å². The number of aryl methyl sites for hydroxylation is 3. The lowest BCUT2D eigenvalue weighted by Crippen LogP contribution is -2.20. The summed E-state index contributed by atoms with van der Waals surface area (Å²) in [6.45, 7) is 5.95. The zero-order valence-corrected chi connectivity index (χ0v) is 17.8. The molecule has 0 saturated carbocycles. The number of hydrogen-bond donors (Lipinski definition) is 1. The first-order chi connectivity index (χ1) is 13.4. The van der Waals surface area contributed by atoms with Crippen molar-refractivity contribution in [3.05, 3.63) is 44.6 Å². The van der Waals surface area contributed by atoms with Crippen LogP contribution in [0.1, 0.15) is 44.6 Å². The predicted molar refractivity (Wildman–Crippen MR) is 114 cm³/mol. The van der Waals surface area contributed by atoms with E-state index >= 15 is 0 Å².